The van der Waals surface area contributed by atoms with Crippen molar-refractivity contribution in [3.05, 3.63) is 36.0 Å². The molecule has 1 aromatic heterocycles. The third kappa shape index (κ3) is 3.62. The molecule has 0 saturated carbocycles. The molecular formula is C9H9Br2MgN. The molecule has 13 heavy (non-hydrogen) atoms. The van der Waals surface area contributed by atoms with Gasteiger partial charge in [0.1, 0.15) is 0 Å². The monoisotopic (exact) mass is 313 g/mol. The van der Waals surface area contributed by atoms with Crippen LogP contribution in [0.25, 0.3) is 10.9 Å². The Morgan fingerprint density at radius 2 is 1.69 bits per heavy atom. The molecular weight excluding hydrogens is 306 g/mol. The Kier molecular flexibility index (Phi) is 8.42. The van der Waals surface area contributed by atoms with E-state index in [1.54, 1.807) is 0 Å². The summed E-state index contributed by atoms with van der Waals surface area (Å²) in [4.78, 5) is 3.26. The Hall–Kier alpha value is 0.486. The van der Waals surface area contributed by atoms with Crippen LogP contribution in [0.2, 0.25) is 0 Å². The van der Waals surface area contributed by atoms with Crippen LogP contribution < -0.4 is 34.0 Å². The normalized spacial score (nSPS) is 8.08. The quantitative estimate of drug-likeness (QED) is 0.479. The molecule has 2 aromatic rings. The third-order valence-electron chi connectivity index (χ3n) is 1.66. The molecule has 0 aliphatic carbocycles. The van der Waals surface area contributed by atoms with E-state index < -0.39 is 0 Å². The van der Waals surface area contributed by atoms with Crippen LogP contribution in [0.5, 0.6) is 0 Å². The number of rotatable bonds is 0. The van der Waals surface area contributed by atoms with Crippen LogP contribution in [-0.4, -0.2) is 28.0 Å². The van der Waals surface area contributed by atoms with Gasteiger partial charge in [0.2, 0.25) is 0 Å². The maximum atomic E-state index is 3.26. The Labute approximate surface area is 115 Å². The molecule has 0 saturated heterocycles. The van der Waals surface area contributed by atoms with Gasteiger partial charge in [-0.15, -0.1) is 0 Å². The molecule has 1 N–H and O–H groups in total. The molecule has 1 heterocycles. The summed E-state index contributed by atoms with van der Waals surface area (Å²) in [5, 5.41) is 1.29. The number of aromatic nitrogens is 1. The van der Waals surface area contributed by atoms with E-state index in [2.05, 4.69) is 36.2 Å². The average molecular weight is 315 g/mol. The molecule has 0 atom stereocenters. The van der Waals surface area contributed by atoms with Gasteiger partial charge in [0.05, 0.1) is 0 Å². The van der Waals surface area contributed by atoms with Crippen LogP contribution >= 0.6 is 0 Å². The Bertz CT molecular complexity index is 326. The van der Waals surface area contributed by atoms with E-state index in [1.807, 2.05) is 6.07 Å². The number of hydrogen-bond acceptors (Lipinski definition) is 0. The molecule has 1 nitrogen and oxygen atoms in total. The van der Waals surface area contributed by atoms with Crippen molar-refractivity contribution >= 4 is 34.0 Å². The van der Waals surface area contributed by atoms with E-state index in [0.717, 1.165) is 0 Å². The zero-order valence-electron chi connectivity index (χ0n) is 7.35. The molecule has 2 rings (SSSR count). The molecule has 66 valence electrons. The maximum Gasteiger partial charge on any atom is 2.00 e. The molecule has 0 bridgehead atoms. The summed E-state index contributed by atoms with van der Waals surface area (Å²) >= 11 is 0. The van der Waals surface area contributed by atoms with Gasteiger partial charge in [0.25, 0.3) is 0 Å². The van der Waals surface area contributed by atoms with Crippen molar-refractivity contribution in [2.75, 3.05) is 0 Å². The SMILES string of the molecule is Cc1cc2ccccc2[nH]1.[Br-].[Br-].[Mg+2]. The third-order valence-corrected chi connectivity index (χ3v) is 1.66. The van der Waals surface area contributed by atoms with Crippen LogP contribution in [0.3, 0.4) is 0 Å². The van der Waals surface area contributed by atoms with E-state index in [4.69, 9.17) is 0 Å². The predicted octanol–water partition coefficient (Wildman–Crippen LogP) is -3.90. The van der Waals surface area contributed by atoms with E-state index in [1.165, 1.54) is 16.6 Å². The van der Waals surface area contributed by atoms with Crippen molar-refractivity contribution < 1.29 is 34.0 Å². The van der Waals surface area contributed by atoms with Crippen molar-refractivity contribution in [2.24, 2.45) is 0 Å². The van der Waals surface area contributed by atoms with Crippen LogP contribution in [-0.2, 0) is 0 Å². The molecule has 0 unspecified atom stereocenters. The number of fused-ring (bicyclic) bond motifs is 1. The number of halogens is 2. The fourth-order valence-corrected chi connectivity index (χ4v) is 1.22. The number of hydrogen-bond donors (Lipinski definition) is 1. The first kappa shape index (κ1) is 15.9. The van der Waals surface area contributed by atoms with Gasteiger partial charge in [-0.1, -0.05) is 18.2 Å². The summed E-state index contributed by atoms with van der Waals surface area (Å²) in [5.41, 5.74) is 2.45. The molecule has 4 heteroatoms. The summed E-state index contributed by atoms with van der Waals surface area (Å²) in [6, 6.07) is 10.4. The predicted molar refractivity (Wildman–Crippen MR) is 48.8 cm³/mol. The van der Waals surface area contributed by atoms with Crippen LogP contribution in [0, 0.1) is 6.92 Å². The summed E-state index contributed by atoms with van der Waals surface area (Å²) in [6.45, 7) is 2.07. The first-order valence-electron chi connectivity index (χ1n) is 3.40. The summed E-state index contributed by atoms with van der Waals surface area (Å²) in [6.07, 6.45) is 0. The van der Waals surface area contributed by atoms with E-state index in [-0.39, 0.29) is 57.0 Å². The Morgan fingerprint density at radius 3 is 2.31 bits per heavy atom. The van der Waals surface area contributed by atoms with Gasteiger partial charge in [-0.25, -0.2) is 0 Å². The number of benzene rings is 1. The van der Waals surface area contributed by atoms with Gasteiger partial charge in [0, 0.05) is 11.2 Å². The maximum absolute atomic E-state index is 3.26. The number of para-hydroxylation sites is 1. The number of aromatic amines is 1. The van der Waals surface area contributed by atoms with Gasteiger partial charge in [-0.3, -0.25) is 0 Å². The van der Waals surface area contributed by atoms with Crippen molar-refractivity contribution in [3.8, 4) is 0 Å². The van der Waals surface area contributed by atoms with Crippen LogP contribution in [0.15, 0.2) is 30.3 Å². The number of nitrogens with one attached hydrogen (secondary N) is 1. The first-order valence-corrected chi connectivity index (χ1v) is 3.40. The second-order valence-corrected chi connectivity index (χ2v) is 2.54. The van der Waals surface area contributed by atoms with Crippen molar-refractivity contribution in [1.82, 2.24) is 4.98 Å². The van der Waals surface area contributed by atoms with Gasteiger partial charge >= 0.3 is 23.1 Å². The topological polar surface area (TPSA) is 15.8 Å². The summed E-state index contributed by atoms with van der Waals surface area (Å²) in [5.74, 6) is 0. The first-order chi connectivity index (χ1) is 4.86. The van der Waals surface area contributed by atoms with Crippen molar-refractivity contribution in [1.29, 1.82) is 0 Å². The second-order valence-electron chi connectivity index (χ2n) is 2.54. The van der Waals surface area contributed by atoms with Crippen molar-refractivity contribution in [2.45, 2.75) is 6.92 Å². The summed E-state index contributed by atoms with van der Waals surface area (Å²) < 4.78 is 0. The zero-order chi connectivity index (χ0) is 6.97. The summed E-state index contributed by atoms with van der Waals surface area (Å²) in [7, 11) is 0. The second kappa shape index (κ2) is 6.87. The standard InChI is InChI=1S/C9H9N.2BrH.Mg/c1-7-6-8-4-2-3-5-9(8)10-7;;;/h2-6,10H,1H3;2*1H;/q;;;+2/p-2. The molecule has 0 fully saturated rings. The largest absolute Gasteiger partial charge is 2.00 e. The van der Waals surface area contributed by atoms with Gasteiger partial charge in [-0.2, -0.15) is 0 Å². The molecule has 0 spiro atoms. The molecule has 0 amide bonds. The van der Waals surface area contributed by atoms with Gasteiger partial charge < -0.3 is 38.9 Å². The number of H-pyrrole nitrogens is 1. The van der Waals surface area contributed by atoms with Gasteiger partial charge in [0.15, 0.2) is 0 Å². The zero-order valence-corrected chi connectivity index (χ0v) is 11.9. The minimum Gasteiger partial charge on any atom is -1.00 e. The van der Waals surface area contributed by atoms with Crippen LogP contribution in [0.1, 0.15) is 5.69 Å². The molecule has 1 aromatic carbocycles. The fraction of sp³-hybridized carbons (Fsp3) is 0.111. The van der Waals surface area contributed by atoms with E-state index >= 15 is 0 Å². The molecule has 0 aliphatic rings. The number of aryl methyl sites for hydroxylation is 1. The minimum atomic E-state index is 0. The van der Waals surface area contributed by atoms with E-state index in [0.29, 0.717) is 0 Å². The average Bonchev–Trinajstić information content (AvgIpc) is 2.27. The Balaban J connectivity index is 0. The van der Waals surface area contributed by atoms with Crippen molar-refractivity contribution in [3.63, 3.8) is 0 Å². The molecule has 0 radical (unpaired) electrons. The fourth-order valence-electron chi connectivity index (χ4n) is 1.22. The molecule has 0 aliphatic heterocycles. The van der Waals surface area contributed by atoms with E-state index in [9.17, 15) is 0 Å². The van der Waals surface area contributed by atoms with Crippen LogP contribution in [0.4, 0.5) is 0 Å². The Morgan fingerprint density at radius 1 is 1.08 bits per heavy atom. The minimum absolute atomic E-state index is 0. The van der Waals surface area contributed by atoms with Gasteiger partial charge in [-0.05, 0) is 24.4 Å². The smallest absolute Gasteiger partial charge is 1.00 e.